The smallest absolute Gasteiger partial charge is 0.256 e. The molecule has 0 spiro atoms. The van der Waals surface area contributed by atoms with E-state index in [0.29, 0.717) is 5.69 Å². The summed E-state index contributed by atoms with van der Waals surface area (Å²) in [5, 5.41) is 3.17. The first-order chi connectivity index (χ1) is 11.0. The molecule has 3 rings (SSSR count). The van der Waals surface area contributed by atoms with Crippen LogP contribution >= 0.6 is 0 Å². The van der Waals surface area contributed by atoms with Crippen LogP contribution in [-0.2, 0) is 9.59 Å². The third-order valence-corrected chi connectivity index (χ3v) is 4.36. The SMILES string of the molecule is Cc1ccc(N[C@@H]2CC(=O)N(c3cccc(C)c3C)C2=O)cc1. The molecule has 0 aromatic heterocycles. The Hall–Kier alpha value is -2.62. The van der Waals surface area contributed by atoms with E-state index in [0.717, 1.165) is 22.4 Å². The molecule has 1 saturated heterocycles. The molecule has 2 aromatic rings. The Labute approximate surface area is 136 Å². The number of carbonyl (C=O) groups excluding carboxylic acids is 2. The molecular formula is C19H20N2O2. The van der Waals surface area contributed by atoms with Crippen LogP contribution in [0.5, 0.6) is 0 Å². The lowest BCUT2D eigenvalue weighted by molar-refractivity contribution is -0.121. The van der Waals surface area contributed by atoms with E-state index in [4.69, 9.17) is 0 Å². The van der Waals surface area contributed by atoms with Crippen molar-refractivity contribution in [3.8, 4) is 0 Å². The molecule has 1 aliphatic heterocycles. The largest absolute Gasteiger partial charge is 0.373 e. The van der Waals surface area contributed by atoms with Crippen molar-refractivity contribution in [2.75, 3.05) is 10.2 Å². The lowest BCUT2D eigenvalue weighted by atomic mass is 10.1. The predicted octanol–water partition coefficient (Wildman–Crippen LogP) is 3.36. The molecule has 2 amide bonds. The first-order valence-corrected chi connectivity index (χ1v) is 7.73. The van der Waals surface area contributed by atoms with Crippen LogP contribution in [0.3, 0.4) is 0 Å². The number of anilines is 2. The van der Waals surface area contributed by atoms with Gasteiger partial charge >= 0.3 is 0 Å². The Morgan fingerprint density at radius 1 is 1.00 bits per heavy atom. The maximum atomic E-state index is 12.7. The lowest BCUT2D eigenvalue weighted by Crippen LogP contribution is -2.35. The van der Waals surface area contributed by atoms with Crippen molar-refractivity contribution in [1.82, 2.24) is 0 Å². The van der Waals surface area contributed by atoms with Crippen molar-refractivity contribution in [2.24, 2.45) is 0 Å². The van der Waals surface area contributed by atoms with E-state index in [2.05, 4.69) is 5.32 Å². The van der Waals surface area contributed by atoms with Gasteiger partial charge in [-0.25, -0.2) is 4.90 Å². The highest BCUT2D eigenvalue weighted by Crippen LogP contribution is 2.29. The van der Waals surface area contributed by atoms with Crippen molar-refractivity contribution < 1.29 is 9.59 Å². The maximum Gasteiger partial charge on any atom is 0.256 e. The topological polar surface area (TPSA) is 49.4 Å². The van der Waals surface area contributed by atoms with Crippen LogP contribution in [0.15, 0.2) is 42.5 Å². The van der Waals surface area contributed by atoms with Crippen LogP contribution < -0.4 is 10.2 Å². The summed E-state index contributed by atoms with van der Waals surface area (Å²) >= 11 is 0. The van der Waals surface area contributed by atoms with Gasteiger partial charge in [-0.05, 0) is 50.1 Å². The third-order valence-electron chi connectivity index (χ3n) is 4.36. The van der Waals surface area contributed by atoms with Gasteiger partial charge in [0, 0.05) is 5.69 Å². The van der Waals surface area contributed by atoms with Crippen LogP contribution in [0, 0.1) is 20.8 Å². The number of nitrogens with one attached hydrogen (secondary N) is 1. The fourth-order valence-electron chi connectivity index (χ4n) is 2.83. The minimum atomic E-state index is -0.509. The molecule has 4 nitrogen and oxygen atoms in total. The number of imide groups is 1. The van der Waals surface area contributed by atoms with Gasteiger partial charge in [-0.3, -0.25) is 9.59 Å². The number of hydrogen-bond acceptors (Lipinski definition) is 3. The molecule has 1 N–H and O–H groups in total. The third kappa shape index (κ3) is 2.84. The molecule has 1 aliphatic rings. The van der Waals surface area contributed by atoms with Crippen LogP contribution in [-0.4, -0.2) is 17.9 Å². The van der Waals surface area contributed by atoms with Crippen LogP contribution in [0.25, 0.3) is 0 Å². The molecule has 118 valence electrons. The second-order valence-electron chi connectivity index (χ2n) is 6.05. The highest BCUT2D eigenvalue weighted by Gasteiger charge is 2.40. The molecule has 0 aliphatic carbocycles. The van der Waals surface area contributed by atoms with E-state index in [1.165, 1.54) is 4.90 Å². The summed E-state index contributed by atoms with van der Waals surface area (Å²) in [7, 11) is 0. The van der Waals surface area contributed by atoms with Gasteiger partial charge in [-0.1, -0.05) is 29.8 Å². The molecule has 0 bridgehead atoms. The lowest BCUT2D eigenvalue weighted by Gasteiger charge is -2.19. The first kappa shape index (κ1) is 15.3. The Bertz CT molecular complexity index is 765. The van der Waals surface area contributed by atoms with Crippen LogP contribution in [0.1, 0.15) is 23.1 Å². The number of rotatable bonds is 3. The Morgan fingerprint density at radius 3 is 2.39 bits per heavy atom. The van der Waals surface area contributed by atoms with E-state index >= 15 is 0 Å². The monoisotopic (exact) mass is 308 g/mol. The molecule has 23 heavy (non-hydrogen) atoms. The van der Waals surface area contributed by atoms with Gasteiger partial charge in [0.05, 0.1) is 12.1 Å². The Kier molecular flexibility index (Phi) is 3.90. The molecule has 1 atom stereocenters. The van der Waals surface area contributed by atoms with Crippen LogP contribution in [0.4, 0.5) is 11.4 Å². The van der Waals surface area contributed by atoms with E-state index in [9.17, 15) is 9.59 Å². The summed E-state index contributed by atoms with van der Waals surface area (Å²) in [6.07, 6.45) is 0.181. The number of benzene rings is 2. The minimum Gasteiger partial charge on any atom is -0.373 e. The molecule has 4 heteroatoms. The molecule has 0 radical (unpaired) electrons. The summed E-state index contributed by atoms with van der Waals surface area (Å²) in [4.78, 5) is 26.4. The maximum absolute atomic E-state index is 12.7. The molecule has 1 heterocycles. The summed E-state index contributed by atoms with van der Waals surface area (Å²) in [5.41, 5.74) is 4.72. The zero-order valence-electron chi connectivity index (χ0n) is 13.6. The normalized spacial score (nSPS) is 17.7. The molecule has 0 saturated carbocycles. The summed E-state index contributed by atoms with van der Waals surface area (Å²) in [6.45, 7) is 5.92. The van der Waals surface area contributed by atoms with Gasteiger partial charge in [0.25, 0.3) is 5.91 Å². The average Bonchev–Trinajstić information content (AvgIpc) is 2.79. The molecule has 1 fully saturated rings. The Balaban J connectivity index is 1.85. The number of amides is 2. The highest BCUT2D eigenvalue weighted by molar-refractivity contribution is 6.23. The fraction of sp³-hybridized carbons (Fsp3) is 0.263. The summed E-state index contributed by atoms with van der Waals surface area (Å²) in [5.74, 6) is -0.349. The van der Waals surface area contributed by atoms with E-state index < -0.39 is 6.04 Å². The zero-order chi connectivity index (χ0) is 16.6. The molecular weight excluding hydrogens is 288 g/mol. The number of hydrogen-bond donors (Lipinski definition) is 1. The average molecular weight is 308 g/mol. The van der Waals surface area contributed by atoms with Gasteiger partial charge < -0.3 is 5.32 Å². The number of aryl methyl sites for hydroxylation is 2. The number of carbonyl (C=O) groups is 2. The summed E-state index contributed by atoms with van der Waals surface area (Å²) < 4.78 is 0. The van der Waals surface area contributed by atoms with E-state index in [1.54, 1.807) is 0 Å². The van der Waals surface area contributed by atoms with Crippen molar-refractivity contribution in [3.05, 3.63) is 59.2 Å². The van der Waals surface area contributed by atoms with E-state index in [1.807, 2.05) is 63.2 Å². The van der Waals surface area contributed by atoms with Gasteiger partial charge in [0.1, 0.15) is 6.04 Å². The van der Waals surface area contributed by atoms with Crippen molar-refractivity contribution in [1.29, 1.82) is 0 Å². The van der Waals surface area contributed by atoms with E-state index in [-0.39, 0.29) is 18.2 Å². The first-order valence-electron chi connectivity index (χ1n) is 7.73. The van der Waals surface area contributed by atoms with Crippen molar-refractivity contribution in [3.63, 3.8) is 0 Å². The fourth-order valence-corrected chi connectivity index (χ4v) is 2.83. The van der Waals surface area contributed by atoms with Gasteiger partial charge in [-0.15, -0.1) is 0 Å². The van der Waals surface area contributed by atoms with Gasteiger partial charge in [-0.2, -0.15) is 0 Å². The predicted molar refractivity (Wildman–Crippen MR) is 91.6 cm³/mol. The molecule has 2 aromatic carbocycles. The Morgan fingerprint density at radius 2 is 1.70 bits per heavy atom. The second-order valence-corrected chi connectivity index (χ2v) is 6.05. The van der Waals surface area contributed by atoms with Gasteiger partial charge in [0.2, 0.25) is 5.91 Å². The zero-order valence-corrected chi connectivity index (χ0v) is 13.6. The van der Waals surface area contributed by atoms with Crippen molar-refractivity contribution >= 4 is 23.2 Å². The van der Waals surface area contributed by atoms with Crippen LogP contribution in [0.2, 0.25) is 0 Å². The highest BCUT2D eigenvalue weighted by atomic mass is 16.2. The standard InChI is InChI=1S/C19H20N2O2/c1-12-7-9-15(10-8-12)20-16-11-18(22)21(19(16)23)17-6-4-5-13(2)14(17)3/h4-10,16,20H,11H2,1-3H3/t16-/m1/s1. The van der Waals surface area contributed by atoms with Crippen molar-refractivity contribution in [2.45, 2.75) is 33.2 Å². The van der Waals surface area contributed by atoms with Gasteiger partial charge in [0.15, 0.2) is 0 Å². The molecule has 0 unspecified atom stereocenters. The second kappa shape index (κ2) is 5.88. The summed E-state index contributed by atoms with van der Waals surface area (Å²) in [6, 6.07) is 13.0. The quantitative estimate of drug-likeness (QED) is 0.885. The number of nitrogens with zero attached hydrogens (tertiary/aromatic N) is 1. The minimum absolute atomic E-state index is 0.159.